The highest BCUT2D eigenvalue weighted by Gasteiger charge is 2.28. The highest BCUT2D eigenvalue weighted by Crippen LogP contribution is 2.14. The molecule has 0 aromatic carbocycles. The largest absolute Gasteiger partial charge is 0.465 e. The maximum absolute atomic E-state index is 11.6. The second kappa shape index (κ2) is 9.05. The van der Waals surface area contributed by atoms with Crippen LogP contribution in [-0.2, 0) is 19.1 Å². The van der Waals surface area contributed by atoms with Crippen molar-refractivity contribution in [1.29, 1.82) is 0 Å². The van der Waals surface area contributed by atoms with Crippen molar-refractivity contribution in [1.82, 2.24) is 0 Å². The number of hydrogen-bond donors (Lipinski definition) is 0. The molecular weight excluding hydrogens is 244 g/mol. The summed E-state index contributed by atoms with van der Waals surface area (Å²) in [5, 5.41) is 0.614. The van der Waals surface area contributed by atoms with Crippen molar-refractivity contribution >= 4 is 23.5 Å². The standard InChI is InChI=1S/C12H19ClO4/c1-4-9(13)7-8-10(11(14)16-5-2)12(15)17-6-3/h7,10H,4-6,8H2,1-3H3/b9-7+. The van der Waals surface area contributed by atoms with Crippen LogP contribution >= 0.6 is 11.6 Å². The zero-order chi connectivity index (χ0) is 13.3. The Morgan fingerprint density at radius 3 is 1.94 bits per heavy atom. The topological polar surface area (TPSA) is 52.6 Å². The minimum Gasteiger partial charge on any atom is -0.465 e. The van der Waals surface area contributed by atoms with E-state index in [4.69, 9.17) is 21.1 Å². The zero-order valence-corrected chi connectivity index (χ0v) is 11.3. The Balaban J connectivity index is 4.61. The lowest BCUT2D eigenvalue weighted by atomic mass is 10.1. The smallest absolute Gasteiger partial charge is 0.320 e. The number of esters is 2. The Hall–Kier alpha value is -1.03. The fourth-order valence-electron chi connectivity index (χ4n) is 1.16. The molecule has 0 heterocycles. The van der Waals surface area contributed by atoms with Gasteiger partial charge in [0.25, 0.3) is 0 Å². The molecule has 0 rings (SSSR count). The molecule has 5 heteroatoms. The van der Waals surface area contributed by atoms with Gasteiger partial charge in [0, 0.05) is 5.03 Å². The molecule has 0 radical (unpaired) electrons. The molecular formula is C12H19ClO4. The summed E-state index contributed by atoms with van der Waals surface area (Å²) in [6.07, 6.45) is 2.53. The third kappa shape index (κ3) is 6.31. The summed E-state index contributed by atoms with van der Waals surface area (Å²) in [7, 11) is 0. The normalized spacial score (nSPS) is 11.5. The average Bonchev–Trinajstić information content (AvgIpc) is 2.29. The zero-order valence-electron chi connectivity index (χ0n) is 10.5. The molecule has 4 nitrogen and oxygen atoms in total. The van der Waals surface area contributed by atoms with Gasteiger partial charge in [-0.3, -0.25) is 9.59 Å². The molecule has 0 unspecified atom stereocenters. The highest BCUT2D eigenvalue weighted by molar-refractivity contribution is 6.29. The summed E-state index contributed by atoms with van der Waals surface area (Å²) >= 11 is 5.83. The second-order valence-electron chi connectivity index (χ2n) is 3.30. The van der Waals surface area contributed by atoms with Crippen LogP contribution in [0, 0.1) is 5.92 Å². The van der Waals surface area contributed by atoms with E-state index in [1.165, 1.54) is 0 Å². The summed E-state index contributed by atoms with van der Waals surface area (Å²) in [4.78, 5) is 23.1. The van der Waals surface area contributed by atoms with Crippen molar-refractivity contribution < 1.29 is 19.1 Å². The van der Waals surface area contributed by atoms with Gasteiger partial charge in [-0.25, -0.2) is 0 Å². The van der Waals surface area contributed by atoms with Gasteiger partial charge in [-0.05, 0) is 26.7 Å². The Bertz CT molecular complexity index is 268. The molecule has 0 spiro atoms. The van der Waals surface area contributed by atoms with Crippen LogP contribution in [0.25, 0.3) is 0 Å². The quantitative estimate of drug-likeness (QED) is 0.523. The number of carbonyl (C=O) groups is 2. The first kappa shape index (κ1) is 16.0. The third-order valence-electron chi connectivity index (χ3n) is 2.06. The first-order chi connectivity index (χ1) is 8.06. The minimum atomic E-state index is -0.921. The molecule has 0 atom stereocenters. The SMILES string of the molecule is CCOC(=O)C(C/C=C(/Cl)CC)C(=O)OCC. The van der Waals surface area contributed by atoms with E-state index in [0.29, 0.717) is 11.5 Å². The van der Waals surface area contributed by atoms with Crippen LogP contribution in [0.4, 0.5) is 0 Å². The number of carbonyl (C=O) groups excluding carboxylic acids is 2. The van der Waals surface area contributed by atoms with Gasteiger partial charge in [0.1, 0.15) is 0 Å². The molecule has 0 saturated heterocycles. The van der Waals surface area contributed by atoms with E-state index in [2.05, 4.69) is 0 Å². The molecule has 0 amide bonds. The van der Waals surface area contributed by atoms with Gasteiger partial charge < -0.3 is 9.47 Å². The van der Waals surface area contributed by atoms with Crippen molar-refractivity contribution in [2.24, 2.45) is 5.92 Å². The fourth-order valence-corrected chi connectivity index (χ4v) is 1.25. The lowest BCUT2D eigenvalue weighted by Gasteiger charge is -2.12. The lowest BCUT2D eigenvalue weighted by Crippen LogP contribution is -2.27. The molecule has 0 fully saturated rings. The van der Waals surface area contributed by atoms with Crippen LogP contribution in [-0.4, -0.2) is 25.2 Å². The van der Waals surface area contributed by atoms with Gasteiger partial charge in [0.15, 0.2) is 5.92 Å². The monoisotopic (exact) mass is 262 g/mol. The fraction of sp³-hybridized carbons (Fsp3) is 0.667. The molecule has 0 aromatic heterocycles. The van der Waals surface area contributed by atoms with E-state index >= 15 is 0 Å². The van der Waals surface area contributed by atoms with E-state index < -0.39 is 17.9 Å². The van der Waals surface area contributed by atoms with Crippen LogP contribution in [0.5, 0.6) is 0 Å². The molecule has 0 N–H and O–H groups in total. The summed E-state index contributed by atoms with van der Waals surface area (Å²) < 4.78 is 9.65. The van der Waals surface area contributed by atoms with Gasteiger partial charge in [0.2, 0.25) is 0 Å². The van der Waals surface area contributed by atoms with Gasteiger partial charge in [-0.1, -0.05) is 24.6 Å². The van der Waals surface area contributed by atoms with E-state index in [9.17, 15) is 9.59 Å². The van der Waals surface area contributed by atoms with Gasteiger partial charge in [0.05, 0.1) is 13.2 Å². The first-order valence-corrected chi connectivity index (χ1v) is 6.12. The second-order valence-corrected chi connectivity index (χ2v) is 3.78. The molecule has 0 aliphatic carbocycles. The highest BCUT2D eigenvalue weighted by atomic mass is 35.5. The predicted octanol–water partition coefficient (Wildman–Crippen LogP) is 2.65. The molecule has 0 bridgehead atoms. The van der Waals surface area contributed by atoms with Crippen LogP contribution < -0.4 is 0 Å². The van der Waals surface area contributed by atoms with Crippen LogP contribution in [0.3, 0.4) is 0 Å². The maximum Gasteiger partial charge on any atom is 0.320 e. The van der Waals surface area contributed by atoms with Crippen LogP contribution in [0.2, 0.25) is 0 Å². The summed E-state index contributed by atoms with van der Waals surface area (Å²) in [6.45, 7) is 5.74. The summed E-state index contributed by atoms with van der Waals surface area (Å²) in [6, 6.07) is 0. The van der Waals surface area contributed by atoms with Crippen molar-refractivity contribution in [3.05, 3.63) is 11.1 Å². The average molecular weight is 263 g/mol. The Kier molecular flexibility index (Phi) is 8.50. The van der Waals surface area contributed by atoms with Crippen LogP contribution in [0.15, 0.2) is 11.1 Å². The summed E-state index contributed by atoms with van der Waals surface area (Å²) in [5.74, 6) is -2.05. The van der Waals surface area contributed by atoms with Gasteiger partial charge >= 0.3 is 11.9 Å². The first-order valence-electron chi connectivity index (χ1n) is 5.74. The Labute approximate surface area is 107 Å². The molecule has 0 aromatic rings. The third-order valence-corrected chi connectivity index (χ3v) is 2.48. The van der Waals surface area contributed by atoms with Crippen molar-refractivity contribution in [2.75, 3.05) is 13.2 Å². The Morgan fingerprint density at radius 1 is 1.12 bits per heavy atom. The molecule has 98 valence electrons. The molecule has 17 heavy (non-hydrogen) atoms. The number of hydrogen-bond acceptors (Lipinski definition) is 4. The number of rotatable bonds is 7. The Morgan fingerprint density at radius 2 is 1.59 bits per heavy atom. The van der Waals surface area contributed by atoms with E-state index in [0.717, 1.165) is 0 Å². The molecule has 0 aliphatic rings. The van der Waals surface area contributed by atoms with Gasteiger partial charge in [-0.15, -0.1) is 0 Å². The van der Waals surface area contributed by atoms with Crippen LogP contribution in [0.1, 0.15) is 33.6 Å². The number of halogens is 1. The van der Waals surface area contributed by atoms with Crippen molar-refractivity contribution in [3.8, 4) is 0 Å². The summed E-state index contributed by atoms with van der Waals surface area (Å²) in [5.41, 5.74) is 0. The number of ether oxygens (including phenoxy) is 2. The molecule has 0 saturated carbocycles. The van der Waals surface area contributed by atoms with Crippen molar-refractivity contribution in [3.63, 3.8) is 0 Å². The maximum atomic E-state index is 11.6. The minimum absolute atomic E-state index is 0.213. The number of allylic oxidation sites excluding steroid dienone is 2. The van der Waals surface area contributed by atoms with E-state index in [1.54, 1.807) is 19.9 Å². The van der Waals surface area contributed by atoms with Gasteiger partial charge in [-0.2, -0.15) is 0 Å². The molecule has 0 aliphatic heterocycles. The van der Waals surface area contributed by atoms with E-state index in [1.807, 2.05) is 6.92 Å². The predicted molar refractivity (Wildman–Crippen MR) is 65.6 cm³/mol. The van der Waals surface area contributed by atoms with E-state index in [-0.39, 0.29) is 19.6 Å². The lowest BCUT2D eigenvalue weighted by molar-refractivity contribution is -0.161. The van der Waals surface area contributed by atoms with Crippen molar-refractivity contribution in [2.45, 2.75) is 33.6 Å².